The predicted octanol–water partition coefficient (Wildman–Crippen LogP) is 1.75. The molecule has 0 radical (unpaired) electrons. The van der Waals surface area contributed by atoms with Gasteiger partial charge in [-0.2, -0.15) is 0 Å². The van der Waals surface area contributed by atoms with Gasteiger partial charge in [0, 0.05) is 5.54 Å². The summed E-state index contributed by atoms with van der Waals surface area (Å²) in [6, 6.07) is 0. The maximum atomic E-state index is 6.02. The van der Waals surface area contributed by atoms with Crippen LogP contribution in [0.2, 0.25) is 0 Å². The molecule has 1 aliphatic heterocycles. The summed E-state index contributed by atoms with van der Waals surface area (Å²) in [7, 11) is 0. The van der Waals surface area contributed by atoms with Gasteiger partial charge in [0.1, 0.15) is 0 Å². The molecular formula is C11H24N2. The Hall–Kier alpha value is -0.0800. The van der Waals surface area contributed by atoms with Crippen molar-refractivity contribution in [1.29, 1.82) is 0 Å². The average molecular weight is 184 g/mol. The van der Waals surface area contributed by atoms with E-state index < -0.39 is 0 Å². The van der Waals surface area contributed by atoms with Crippen LogP contribution >= 0.6 is 0 Å². The number of hydrogen-bond acceptors (Lipinski definition) is 2. The Morgan fingerprint density at radius 3 is 2.69 bits per heavy atom. The van der Waals surface area contributed by atoms with Crippen molar-refractivity contribution in [2.24, 2.45) is 17.6 Å². The summed E-state index contributed by atoms with van der Waals surface area (Å²) in [5.74, 6) is 1.60. The molecule has 2 nitrogen and oxygen atoms in total. The van der Waals surface area contributed by atoms with Crippen LogP contribution in [0.15, 0.2) is 0 Å². The third kappa shape index (κ3) is 4.10. The van der Waals surface area contributed by atoms with Crippen LogP contribution in [0.4, 0.5) is 0 Å². The summed E-state index contributed by atoms with van der Waals surface area (Å²) in [4.78, 5) is 0. The third-order valence-electron chi connectivity index (χ3n) is 2.99. The first kappa shape index (κ1) is 11.0. The summed E-state index contributed by atoms with van der Waals surface area (Å²) in [5, 5.41) is 3.46. The fourth-order valence-corrected chi connectivity index (χ4v) is 2.36. The van der Waals surface area contributed by atoms with E-state index in [9.17, 15) is 0 Å². The van der Waals surface area contributed by atoms with Crippen molar-refractivity contribution in [3.05, 3.63) is 0 Å². The van der Waals surface area contributed by atoms with Crippen LogP contribution < -0.4 is 11.1 Å². The van der Waals surface area contributed by atoms with Crippen molar-refractivity contribution in [2.75, 3.05) is 13.1 Å². The first-order valence-corrected chi connectivity index (χ1v) is 5.48. The molecule has 0 aromatic heterocycles. The van der Waals surface area contributed by atoms with E-state index in [1.54, 1.807) is 0 Å². The molecule has 1 rings (SSSR count). The largest absolute Gasteiger partial charge is 0.326 e. The molecule has 1 saturated heterocycles. The first-order valence-electron chi connectivity index (χ1n) is 5.48. The fraction of sp³-hybridized carbons (Fsp3) is 1.00. The molecule has 2 atom stereocenters. The molecule has 0 aromatic rings. The molecule has 0 aromatic carbocycles. The van der Waals surface area contributed by atoms with Crippen molar-refractivity contribution >= 4 is 0 Å². The van der Waals surface area contributed by atoms with Crippen LogP contribution in [0.25, 0.3) is 0 Å². The monoisotopic (exact) mass is 184 g/mol. The third-order valence-corrected chi connectivity index (χ3v) is 2.99. The van der Waals surface area contributed by atoms with E-state index in [0.29, 0.717) is 0 Å². The fourth-order valence-electron chi connectivity index (χ4n) is 2.36. The van der Waals surface area contributed by atoms with Gasteiger partial charge in [-0.3, -0.25) is 0 Å². The van der Waals surface area contributed by atoms with Gasteiger partial charge in [-0.15, -0.1) is 0 Å². The molecule has 0 aliphatic carbocycles. The molecular weight excluding hydrogens is 160 g/mol. The molecule has 3 N–H and O–H groups in total. The standard InChI is InChI=1S/C11H24N2/c1-9(7-11(2,3)12)10-5-4-6-13-8-10/h9-10,13H,4-8,12H2,1-3H3/t9?,10-/m1/s1. The maximum Gasteiger partial charge on any atom is 0.00997 e. The van der Waals surface area contributed by atoms with E-state index in [0.717, 1.165) is 18.3 Å². The Balaban J connectivity index is 2.33. The van der Waals surface area contributed by atoms with E-state index in [2.05, 4.69) is 26.1 Å². The van der Waals surface area contributed by atoms with Gasteiger partial charge >= 0.3 is 0 Å². The highest BCUT2D eigenvalue weighted by atomic mass is 14.9. The molecule has 1 fully saturated rings. The van der Waals surface area contributed by atoms with E-state index in [4.69, 9.17) is 5.73 Å². The van der Waals surface area contributed by atoms with Gasteiger partial charge in [0.25, 0.3) is 0 Å². The lowest BCUT2D eigenvalue weighted by molar-refractivity contribution is 0.235. The van der Waals surface area contributed by atoms with Crippen molar-refractivity contribution < 1.29 is 0 Å². The molecule has 13 heavy (non-hydrogen) atoms. The van der Waals surface area contributed by atoms with E-state index >= 15 is 0 Å². The second-order valence-corrected chi connectivity index (χ2v) is 5.28. The molecule has 1 unspecified atom stereocenters. The van der Waals surface area contributed by atoms with E-state index in [1.165, 1.54) is 25.9 Å². The van der Waals surface area contributed by atoms with Crippen LogP contribution in [0.3, 0.4) is 0 Å². The summed E-state index contributed by atoms with van der Waals surface area (Å²) in [6.45, 7) is 8.98. The normalized spacial score (nSPS) is 27.2. The van der Waals surface area contributed by atoms with Crippen molar-refractivity contribution in [1.82, 2.24) is 5.32 Å². The topological polar surface area (TPSA) is 38.0 Å². The van der Waals surface area contributed by atoms with E-state index in [1.807, 2.05) is 0 Å². The lowest BCUT2D eigenvalue weighted by Crippen LogP contribution is -2.39. The van der Waals surface area contributed by atoms with Gasteiger partial charge in [0.05, 0.1) is 0 Å². The molecule has 1 heterocycles. The summed E-state index contributed by atoms with van der Waals surface area (Å²) < 4.78 is 0. The minimum absolute atomic E-state index is 0.00311. The second-order valence-electron chi connectivity index (χ2n) is 5.28. The SMILES string of the molecule is CC(CC(C)(C)N)[C@@H]1CCCNC1. The number of nitrogens with one attached hydrogen (secondary N) is 1. The highest BCUT2D eigenvalue weighted by Gasteiger charge is 2.24. The Bertz CT molecular complexity index is 143. The van der Waals surface area contributed by atoms with Crippen LogP contribution in [0, 0.1) is 11.8 Å². The maximum absolute atomic E-state index is 6.02. The summed E-state index contributed by atoms with van der Waals surface area (Å²) in [5.41, 5.74) is 6.02. The highest BCUT2D eigenvalue weighted by molar-refractivity contribution is 4.81. The molecule has 2 heteroatoms. The average Bonchev–Trinajstić information content (AvgIpc) is 2.03. The van der Waals surface area contributed by atoms with Crippen LogP contribution in [-0.2, 0) is 0 Å². The van der Waals surface area contributed by atoms with Crippen LogP contribution in [0.1, 0.15) is 40.0 Å². The van der Waals surface area contributed by atoms with Crippen LogP contribution in [0.5, 0.6) is 0 Å². The molecule has 0 saturated carbocycles. The predicted molar refractivity (Wildman–Crippen MR) is 57.6 cm³/mol. The lowest BCUT2D eigenvalue weighted by atomic mass is 9.80. The molecule has 0 amide bonds. The first-order chi connectivity index (χ1) is 5.99. The van der Waals surface area contributed by atoms with Crippen molar-refractivity contribution in [3.8, 4) is 0 Å². The zero-order valence-corrected chi connectivity index (χ0v) is 9.27. The van der Waals surface area contributed by atoms with Crippen LogP contribution in [-0.4, -0.2) is 18.6 Å². The van der Waals surface area contributed by atoms with E-state index in [-0.39, 0.29) is 5.54 Å². The van der Waals surface area contributed by atoms with Crippen molar-refractivity contribution in [2.45, 2.75) is 45.6 Å². The minimum atomic E-state index is -0.00311. The highest BCUT2D eigenvalue weighted by Crippen LogP contribution is 2.25. The minimum Gasteiger partial charge on any atom is -0.326 e. The molecule has 0 bridgehead atoms. The number of hydrogen-bond donors (Lipinski definition) is 2. The Kier molecular flexibility index (Phi) is 3.74. The summed E-state index contributed by atoms with van der Waals surface area (Å²) >= 11 is 0. The van der Waals surface area contributed by atoms with Gasteiger partial charge in [-0.05, 0) is 58.0 Å². The Morgan fingerprint density at radius 1 is 1.54 bits per heavy atom. The molecule has 0 spiro atoms. The molecule has 78 valence electrons. The lowest BCUT2D eigenvalue weighted by Gasteiger charge is -2.32. The zero-order chi connectivity index (χ0) is 9.90. The van der Waals surface area contributed by atoms with Gasteiger partial charge in [0.2, 0.25) is 0 Å². The second kappa shape index (κ2) is 4.43. The number of rotatable bonds is 3. The number of nitrogens with two attached hydrogens (primary N) is 1. The van der Waals surface area contributed by atoms with Gasteiger partial charge in [-0.25, -0.2) is 0 Å². The zero-order valence-electron chi connectivity index (χ0n) is 9.27. The van der Waals surface area contributed by atoms with Crippen molar-refractivity contribution in [3.63, 3.8) is 0 Å². The number of piperidine rings is 1. The van der Waals surface area contributed by atoms with Gasteiger partial charge in [0.15, 0.2) is 0 Å². The Labute approximate surface area is 82.3 Å². The van der Waals surface area contributed by atoms with Gasteiger partial charge in [-0.1, -0.05) is 6.92 Å². The smallest absolute Gasteiger partial charge is 0.00997 e. The van der Waals surface area contributed by atoms with Gasteiger partial charge < -0.3 is 11.1 Å². The quantitative estimate of drug-likeness (QED) is 0.701. The Morgan fingerprint density at radius 2 is 2.23 bits per heavy atom. The summed E-state index contributed by atoms with van der Waals surface area (Å²) in [6.07, 6.45) is 3.85. The molecule has 1 aliphatic rings.